The summed E-state index contributed by atoms with van der Waals surface area (Å²) in [6.07, 6.45) is 2.56. The van der Waals surface area contributed by atoms with Crippen molar-refractivity contribution < 1.29 is 14.5 Å². The van der Waals surface area contributed by atoms with Crippen molar-refractivity contribution in [3.8, 4) is 0 Å². The standard InChI is InChI=1S/C14H16BrNO4S/c1-20-12(17)7-14(5-6-14)9-21-8-10-3-2-4-11(13(10)15)16(18)19/h2-4H,5-9H2,1H3. The quantitative estimate of drug-likeness (QED) is 0.411. The molecule has 0 atom stereocenters. The summed E-state index contributed by atoms with van der Waals surface area (Å²) in [7, 11) is 1.41. The Morgan fingerprint density at radius 1 is 1.52 bits per heavy atom. The number of halogens is 1. The number of nitro benzene ring substituents is 1. The first-order chi connectivity index (χ1) is 9.97. The molecular formula is C14H16BrNO4S. The van der Waals surface area contributed by atoms with E-state index in [0.29, 0.717) is 16.6 Å². The molecule has 0 heterocycles. The molecule has 1 fully saturated rings. The van der Waals surface area contributed by atoms with Gasteiger partial charge in [-0.15, -0.1) is 0 Å². The lowest BCUT2D eigenvalue weighted by atomic mass is 10.1. The van der Waals surface area contributed by atoms with Gasteiger partial charge in [0.2, 0.25) is 0 Å². The second kappa shape index (κ2) is 6.79. The van der Waals surface area contributed by atoms with Crippen molar-refractivity contribution in [2.45, 2.75) is 25.0 Å². The van der Waals surface area contributed by atoms with Crippen LogP contribution in [-0.4, -0.2) is 23.8 Å². The summed E-state index contributed by atoms with van der Waals surface area (Å²) in [6.45, 7) is 0. The Balaban J connectivity index is 1.91. The summed E-state index contributed by atoms with van der Waals surface area (Å²) in [5.74, 6) is 1.40. The van der Waals surface area contributed by atoms with Gasteiger partial charge in [0, 0.05) is 11.8 Å². The molecule has 1 aliphatic carbocycles. The highest BCUT2D eigenvalue weighted by atomic mass is 79.9. The lowest BCUT2D eigenvalue weighted by Gasteiger charge is -2.13. The minimum Gasteiger partial charge on any atom is -0.469 e. The molecule has 5 nitrogen and oxygen atoms in total. The van der Waals surface area contributed by atoms with Crippen LogP contribution < -0.4 is 0 Å². The molecule has 0 amide bonds. The van der Waals surface area contributed by atoms with Crippen LogP contribution in [0, 0.1) is 15.5 Å². The van der Waals surface area contributed by atoms with Gasteiger partial charge in [0.15, 0.2) is 0 Å². The lowest BCUT2D eigenvalue weighted by molar-refractivity contribution is -0.385. The van der Waals surface area contributed by atoms with Crippen LogP contribution in [0.5, 0.6) is 0 Å². The van der Waals surface area contributed by atoms with Crippen molar-refractivity contribution in [2.75, 3.05) is 12.9 Å². The van der Waals surface area contributed by atoms with Gasteiger partial charge in [0.1, 0.15) is 0 Å². The van der Waals surface area contributed by atoms with Crippen molar-refractivity contribution in [3.63, 3.8) is 0 Å². The summed E-state index contributed by atoms with van der Waals surface area (Å²) in [4.78, 5) is 21.9. The summed E-state index contributed by atoms with van der Waals surface area (Å²) in [5, 5.41) is 10.9. The number of carbonyl (C=O) groups excluding carboxylic acids is 1. The summed E-state index contributed by atoms with van der Waals surface area (Å²) >= 11 is 5.00. The topological polar surface area (TPSA) is 69.4 Å². The maximum Gasteiger partial charge on any atom is 0.306 e. The molecule has 0 radical (unpaired) electrons. The van der Waals surface area contributed by atoms with E-state index in [4.69, 9.17) is 4.74 Å². The van der Waals surface area contributed by atoms with Crippen LogP contribution in [0.3, 0.4) is 0 Å². The van der Waals surface area contributed by atoms with E-state index in [2.05, 4.69) is 15.9 Å². The van der Waals surface area contributed by atoms with E-state index in [0.717, 1.165) is 24.2 Å². The van der Waals surface area contributed by atoms with Crippen LogP contribution in [0.15, 0.2) is 22.7 Å². The molecule has 0 unspecified atom stereocenters. The van der Waals surface area contributed by atoms with E-state index < -0.39 is 4.92 Å². The second-order valence-electron chi connectivity index (χ2n) is 5.25. The molecule has 7 heteroatoms. The monoisotopic (exact) mass is 373 g/mol. The highest BCUT2D eigenvalue weighted by Crippen LogP contribution is 2.51. The molecule has 0 aliphatic heterocycles. The van der Waals surface area contributed by atoms with Gasteiger partial charge in [0.25, 0.3) is 5.69 Å². The first-order valence-electron chi connectivity index (χ1n) is 6.54. The van der Waals surface area contributed by atoms with Gasteiger partial charge in [-0.1, -0.05) is 12.1 Å². The van der Waals surface area contributed by atoms with Gasteiger partial charge in [-0.05, 0) is 45.5 Å². The number of methoxy groups -OCH3 is 1. The largest absolute Gasteiger partial charge is 0.469 e. The van der Waals surface area contributed by atoms with Crippen LogP contribution in [0.4, 0.5) is 5.69 Å². The molecule has 0 saturated heterocycles. The van der Waals surface area contributed by atoms with Crippen molar-refractivity contribution >= 4 is 39.3 Å². The summed E-state index contributed by atoms with van der Waals surface area (Å²) in [6, 6.07) is 5.06. The predicted octanol–water partition coefficient (Wildman–Crippen LogP) is 3.93. The predicted molar refractivity (Wildman–Crippen MR) is 85.3 cm³/mol. The lowest BCUT2D eigenvalue weighted by Crippen LogP contribution is -2.13. The van der Waals surface area contributed by atoms with E-state index in [-0.39, 0.29) is 17.1 Å². The number of nitro groups is 1. The van der Waals surface area contributed by atoms with Crippen LogP contribution in [0.1, 0.15) is 24.8 Å². The van der Waals surface area contributed by atoms with Gasteiger partial charge >= 0.3 is 5.97 Å². The Hall–Kier alpha value is -1.08. The van der Waals surface area contributed by atoms with Crippen LogP contribution >= 0.6 is 27.7 Å². The third-order valence-electron chi connectivity index (χ3n) is 3.62. The van der Waals surface area contributed by atoms with Gasteiger partial charge in [-0.2, -0.15) is 11.8 Å². The zero-order valence-electron chi connectivity index (χ0n) is 11.6. The van der Waals surface area contributed by atoms with Crippen LogP contribution in [0.2, 0.25) is 0 Å². The number of esters is 1. The van der Waals surface area contributed by atoms with Gasteiger partial charge in [0.05, 0.1) is 22.9 Å². The number of ether oxygens (including phenoxy) is 1. The van der Waals surface area contributed by atoms with E-state index in [9.17, 15) is 14.9 Å². The van der Waals surface area contributed by atoms with E-state index in [1.165, 1.54) is 13.2 Å². The Kier molecular flexibility index (Phi) is 5.27. The molecule has 1 aliphatic rings. The van der Waals surface area contributed by atoms with Crippen molar-refractivity contribution in [3.05, 3.63) is 38.3 Å². The van der Waals surface area contributed by atoms with Crippen molar-refractivity contribution in [1.82, 2.24) is 0 Å². The van der Waals surface area contributed by atoms with E-state index in [1.807, 2.05) is 6.07 Å². The zero-order chi connectivity index (χ0) is 15.5. The number of hydrogen-bond acceptors (Lipinski definition) is 5. The van der Waals surface area contributed by atoms with Crippen LogP contribution in [-0.2, 0) is 15.3 Å². The second-order valence-corrected chi connectivity index (χ2v) is 7.03. The van der Waals surface area contributed by atoms with E-state index >= 15 is 0 Å². The van der Waals surface area contributed by atoms with Gasteiger partial charge < -0.3 is 4.74 Å². The average molecular weight is 374 g/mol. The number of carbonyl (C=O) groups is 1. The minimum atomic E-state index is -0.391. The van der Waals surface area contributed by atoms with E-state index in [1.54, 1.807) is 17.8 Å². The third-order valence-corrected chi connectivity index (χ3v) is 5.87. The maximum atomic E-state index is 11.4. The van der Waals surface area contributed by atoms with Gasteiger partial charge in [-0.3, -0.25) is 14.9 Å². The molecule has 1 aromatic rings. The Morgan fingerprint density at radius 3 is 2.81 bits per heavy atom. The Morgan fingerprint density at radius 2 is 2.24 bits per heavy atom. The number of hydrogen-bond donors (Lipinski definition) is 0. The summed E-state index contributed by atoms with van der Waals surface area (Å²) in [5.41, 5.74) is 1.07. The average Bonchev–Trinajstić information content (AvgIpc) is 3.20. The number of thioether (sulfide) groups is 1. The first kappa shape index (κ1) is 16.3. The highest BCUT2D eigenvalue weighted by Gasteiger charge is 2.44. The fourth-order valence-electron chi connectivity index (χ4n) is 2.12. The molecule has 1 saturated carbocycles. The number of nitrogens with zero attached hydrogens (tertiary/aromatic N) is 1. The minimum absolute atomic E-state index is 0.0744. The molecule has 2 rings (SSSR count). The molecule has 1 aromatic carbocycles. The number of rotatable bonds is 7. The first-order valence-corrected chi connectivity index (χ1v) is 8.48. The van der Waals surface area contributed by atoms with Gasteiger partial charge in [-0.25, -0.2) is 0 Å². The molecule has 114 valence electrons. The van der Waals surface area contributed by atoms with Crippen LogP contribution in [0.25, 0.3) is 0 Å². The number of benzene rings is 1. The smallest absolute Gasteiger partial charge is 0.306 e. The van der Waals surface area contributed by atoms with Crippen molar-refractivity contribution in [2.24, 2.45) is 5.41 Å². The normalized spacial score (nSPS) is 15.5. The molecule has 0 N–H and O–H groups in total. The Bertz CT molecular complexity index is 560. The molecule has 0 aromatic heterocycles. The molecule has 21 heavy (non-hydrogen) atoms. The van der Waals surface area contributed by atoms with Crippen molar-refractivity contribution in [1.29, 1.82) is 0 Å². The molecular weight excluding hydrogens is 358 g/mol. The SMILES string of the molecule is COC(=O)CC1(CSCc2cccc([N+](=O)[O-])c2Br)CC1. The zero-order valence-corrected chi connectivity index (χ0v) is 14.0. The maximum absolute atomic E-state index is 11.4. The summed E-state index contributed by atoms with van der Waals surface area (Å²) < 4.78 is 5.26. The Labute approximate surface area is 135 Å². The molecule has 0 bridgehead atoms. The highest BCUT2D eigenvalue weighted by molar-refractivity contribution is 9.10. The molecule has 0 spiro atoms. The third kappa shape index (κ3) is 4.20. The fourth-order valence-corrected chi connectivity index (χ4v) is 4.24. The fraction of sp³-hybridized carbons (Fsp3) is 0.500.